The van der Waals surface area contributed by atoms with E-state index in [0.717, 1.165) is 24.2 Å². The molecule has 0 aromatic heterocycles. The lowest BCUT2D eigenvalue weighted by Crippen LogP contribution is -2.17. The SMILES string of the molecule is CC(C)(C)CCCN/C(=C\N)c1ccc2ccccc2c1. The summed E-state index contributed by atoms with van der Waals surface area (Å²) >= 11 is 0. The second-order valence-electron chi connectivity index (χ2n) is 6.73. The maximum atomic E-state index is 5.79. The van der Waals surface area contributed by atoms with Crippen molar-refractivity contribution in [3.05, 3.63) is 54.2 Å². The summed E-state index contributed by atoms with van der Waals surface area (Å²) in [5.74, 6) is 0. The molecule has 0 amide bonds. The van der Waals surface area contributed by atoms with E-state index in [2.05, 4.69) is 68.6 Å². The normalized spacial score (nSPS) is 12.6. The van der Waals surface area contributed by atoms with E-state index in [-0.39, 0.29) is 0 Å². The largest absolute Gasteiger partial charge is 0.403 e. The van der Waals surface area contributed by atoms with Gasteiger partial charge in [-0.05, 0) is 40.7 Å². The van der Waals surface area contributed by atoms with Gasteiger partial charge < -0.3 is 11.1 Å². The first-order chi connectivity index (χ1) is 9.99. The molecule has 0 saturated carbocycles. The molecule has 3 N–H and O–H groups in total. The van der Waals surface area contributed by atoms with Gasteiger partial charge in [0.1, 0.15) is 0 Å². The van der Waals surface area contributed by atoms with Crippen molar-refractivity contribution in [3.8, 4) is 0 Å². The van der Waals surface area contributed by atoms with E-state index < -0.39 is 0 Å². The van der Waals surface area contributed by atoms with Crippen molar-refractivity contribution in [2.45, 2.75) is 33.6 Å². The van der Waals surface area contributed by atoms with Crippen LogP contribution in [0.25, 0.3) is 16.5 Å². The maximum absolute atomic E-state index is 5.79. The van der Waals surface area contributed by atoms with Gasteiger partial charge in [-0.2, -0.15) is 0 Å². The lowest BCUT2D eigenvalue weighted by atomic mass is 9.90. The molecule has 112 valence electrons. The van der Waals surface area contributed by atoms with Crippen LogP contribution in [0.1, 0.15) is 39.2 Å². The van der Waals surface area contributed by atoms with E-state index in [1.807, 2.05) is 0 Å². The lowest BCUT2D eigenvalue weighted by Gasteiger charge is -2.18. The van der Waals surface area contributed by atoms with Gasteiger partial charge in [0.05, 0.1) is 5.70 Å². The molecule has 2 nitrogen and oxygen atoms in total. The molecule has 0 spiro atoms. The van der Waals surface area contributed by atoms with Crippen LogP contribution in [0.4, 0.5) is 0 Å². The molecule has 21 heavy (non-hydrogen) atoms. The van der Waals surface area contributed by atoms with Crippen molar-refractivity contribution in [2.75, 3.05) is 6.54 Å². The van der Waals surface area contributed by atoms with Gasteiger partial charge in [-0.25, -0.2) is 0 Å². The van der Waals surface area contributed by atoms with Crippen molar-refractivity contribution in [1.29, 1.82) is 0 Å². The van der Waals surface area contributed by atoms with Crippen LogP contribution >= 0.6 is 0 Å². The molecule has 0 fully saturated rings. The highest BCUT2D eigenvalue weighted by Gasteiger charge is 2.09. The van der Waals surface area contributed by atoms with Crippen molar-refractivity contribution in [2.24, 2.45) is 11.1 Å². The fourth-order valence-electron chi connectivity index (χ4n) is 2.46. The van der Waals surface area contributed by atoms with Crippen LogP contribution in [0.3, 0.4) is 0 Å². The van der Waals surface area contributed by atoms with Gasteiger partial charge in [0.25, 0.3) is 0 Å². The molecule has 2 aromatic carbocycles. The number of hydrogen-bond acceptors (Lipinski definition) is 2. The van der Waals surface area contributed by atoms with E-state index in [1.54, 1.807) is 6.20 Å². The quantitative estimate of drug-likeness (QED) is 0.792. The lowest BCUT2D eigenvalue weighted by molar-refractivity contribution is 0.365. The van der Waals surface area contributed by atoms with Crippen LogP contribution in [-0.4, -0.2) is 6.54 Å². The number of benzene rings is 2. The van der Waals surface area contributed by atoms with Gasteiger partial charge in [0.15, 0.2) is 0 Å². The maximum Gasteiger partial charge on any atom is 0.0571 e. The summed E-state index contributed by atoms with van der Waals surface area (Å²) in [6.07, 6.45) is 4.02. The highest BCUT2D eigenvalue weighted by molar-refractivity contribution is 5.86. The summed E-state index contributed by atoms with van der Waals surface area (Å²) in [5, 5.41) is 5.96. The molecule has 2 heteroatoms. The summed E-state index contributed by atoms with van der Waals surface area (Å²) in [4.78, 5) is 0. The summed E-state index contributed by atoms with van der Waals surface area (Å²) in [5.41, 5.74) is 8.33. The Kier molecular flexibility index (Phi) is 4.89. The zero-order valence-electron chi connectivity index (χ0n) is 13.3. The number of hydrogen-bond donors (Lipinski definition) is 2. The van der Waals surface area contributed by atoms with E-state index >= 15 is 0 Å². The standard InChI is InChI=1S/C19H26N2/c1-19(2,3)11-6-12-21-18(14-20)17-10-9-15-7-4-5-8-16(15)13-17/h4-5,7-10,13-14,21H,6,11-12,20H2,1-3H3/b18-14-. The van der Waals surface area contributed by atoms with Crippen LogP contribution in [-0.2, 0) is 0 Å². The Labute approximate surface area is 128 Å². The van der Waals surface area contributed by atoms with E-state index in [1.165, 1.54) is 17.2 Å². The smallest absolute Gasteiger partial charge is 0.0571 e. The Bertz CT molecular complexity index is 621. The molecule has 2 aromatic rings. The van der Waals surface area contributed by atoms with Crippen LogP contribution in [0.15, 0.2) is 48.7 Å². The molecule has 0 heterocycles. The van der Waals surface area contributed by atoms with E-state index in [0.29, 0.717) is 5.41 Å². The van der Waals surface area contributed by atoms with Crippen LogP contribution in [0.5, 0.6) is 0 Å². The van der Waals surface area contributed by atoms with Crippen LogP contribution in [0, 0.1) is 5.41 Å². The van der Waals surface area contributed by atoms with Crippen molar-refractivity contribution >= 4 is 16.5 Å². The third-order valence-electron chi connectivity index (χ3n) is 3.65. The molecular formula is C19H26N2. The first-order valence-electron chi connectivity index (χ1n) is 7.64. The first-order valence-corrected chi connectivity index (χ1v) is 7.64. The minimum absolute atomic E-state index is 0.386. The number of fused-ring (bicyclic) bond motifs is 1. The zero-order valence-corrected chi connectivity index (χ0v) is 13.3. The van der Waals surface area contributed by atoms with Gasteiger partial charge >= 0.3 is 0 Å². The van der Waals surface area contributed by atoms with Crippen molar-refractivity contribution < 1.29 is 0 Å². The molecule has 0 bridgehead atoms. The molecule has 0 aliphatic rings. The molecule has 2 rings (SSSR count). The Hall–Kier alpha value is -1.96. The summed E-state index contributed by atoms with van der Waals surface area (Å²) in [6.45, 7) is 7.77. The second kappa shape index (κ2) is 6.66. The Balaban J connectivity index is 2.03. The predicted molar refractivity (Wildman–Crippen MR) is 92.8 cm³/mol. The molecular weight excluding hydrogens is 256 g/mol. The fourth-order valence-corrected chi connectivity index (χ4v) is 2.46. The minimum Gasteiger partial charge on any atom is -0.403 e. The van der Waals surface area contributed by atoms with E-state index in [9.17, 15) is 0 Å². The molecule has 0 radical (unpaired) electrons. The number of nitrogens with one attached hydrogen (secondary N) is 1. The summed E-state index contributed by atoms with van der Waals surface area (Å²) in [6, 6.07) is 14.8. The van der Waals surface area contributed by atoms with E-state index in [4.69, 9.17) is 5.73 Å². The Morgan fingerprint density at radius 3 is 2.48 bits per heavy atom. The second-order valence-corrected chi connectivity index (χ2v) is 6.73. The average Bonchev–Trinajstić information content (AvgIpc) is 2.46. The first kappa shape index (κ1) is 15.4. The van der Waals surface area contributed by atoms with Crippen molar-refractivity contribution in [1.82, 2.24) is 5.32 Å². The number of rotatable bonds is 5. The fraction of sp³-hybridized carbons (Fsp3) is 0.368. The van der Waals surface area contributed by atoms with Gasteiger partial charge in [0, 0.05) is 12.7 Å². The molecule has 0 saturated heterocycles. The topological polar surface area (TPSA) is 38.0 Å². The highest BCUT2D eigenvalue weighted by atomic mass is 14.9. The molecule has 0 aliphatic heterocycles. The molecule has 0 unspecified atom stereocenters. The average molecular weight is 282 g/mol. The monoisotopic (exact) mass is 282 g/mol. The Morgan fingerprint density at radius 1 is 1.10 bits per heavy atom. The van der Waals surface area contributed by atoms with Gasteiger partial charge in [-0.15, -0.1) is 0 Å². The molecule has 0 atom stereocenters. The minimum atomic E-state index is 0.386. The van der Waals surface area contributed by atoms with Gasteiger partial charge in [-0.3, -0.25) is 0 Å². The van der Waals surface area contributed by atoms with Crippen molar-refractivity contribution in [3.63, 3.8) is 0 Å². The highest BCUT2D eigenvalue weighted by Crippen LogP contribution is 2.21. The van der Waals surface area contributed by atoms with Gasteiger partial charge in [-0.1, -0.05) is 57.2 Å². The summed E-state index contributed by atoms with van der Waals surface area (Å²) in [7, 11) is 0. The number of nitrogens with two attached hydrogens (primary N) is 1. The van der Waals surface area contributed by atoms with Crippen LogP contribution in [0.2, 0.25) is 0 Å². The molecule has 0 aliphatic carbocycles. The third kappa shape index (κ3) is 4.52. The Morgan fingerprint density at radius 2 is 1.81 bits per heavy atom. The predicted octanol–water partition coefficient (Wildman–Crippen LogP) is 4.51. The zero-order chi connectivity index (χ0) is 15.3. The van der Waals surface area contributed by atoms with Gasteiger partial charge in [0.2, 0.25) is 0 Å². The van der Waals surface area contributed by atoms with Crippen LogP contribution < -0.4 is 11.1 Å². The summed E-state index contributed by atoms with van der Waals surface area (Å²) < 4.78 is 0. The third-order valence-corrected chi connectivity index (χ3v) is 3.65.